The molecule has 108 valence electrons. The topological polar surface area (TPSA) is 45.2 Å². The highest BCUT2D eigenvalue weighted by Gasteiger charge is 2.47. The van der Waals surface area contributed by atoms with Crippen molar-refractivity contribution < 1.29 is 4.79 Å². The van der Waals surface area contributed by atoms with E-state index in [4.69, 9.17) is 0 Å². The molecule has 0 saturated carbocycles. The quantitative estimate of drug-likeness (QED) is 0.899. The van der Waals surface area contributed by atoms with E-state index in [0.29, 0.717) is 11.8 Å². The molecule has 1 amide bonds. The Morgan fingerprint density at radius 2 is 2.00 bits per heavy atom. The van der Waals surface area contributed by atoms with Crippen molar-refractivity contribution in [1.82, 2.24) is 10.3 Å². The number of hydrogen-bond acceptors (Lipinski definition) is 3. The summed E-state index contributed by atoms with van der Waals surface area (Å²) < 4.78 is 0. The lowest BCUT2D eigenvalue weighted by Gasteiger charge is -2.32. The molecule has 0 atom stereocenters. The molecule has 4 heteroatoms. The van der Waals surface area contributed by atoms with Crippen LogP contribution in [0.2, 0.25) is 0 Å². The second kappa shape index (κ2) is 5.17. The van der Waals surface area contributed by atoms with Crippen molar-refractivity contribution in [3.8, 4) is 0 Å². The summed E-state index contributed by atoms with van der Waals surface area (Å²) in [7, 11) is 0. The average Bonchev–Trinajstić information content (AvgIpc) is 2.77. The van der Waals surface area contributed by atoms with Gasteiger partial charge in [-0.25, -0.2) is 0 Å². The number of rotatable bonds is 2. The van der Waals surface area contributed by atoms with E-state index in [-0.39, 0.29) is 5.41 Å². The Morgan fingerprint density at radius 1 is 1.25 bits per heavy atom. The first-order chi connectivity index (χ1) is 9.62. The minimum absolute atomic E-state index is 0.109. The Hall–Kier alpha value is -1.42. The normalized spacial score (nSPS) is 21.9. The minimum Gasteiger partial charge on any atom is -0.317 e. The number of nitrogens with one attached hydrogen (secondary N) is 1. The monoisotopic (exact) mass is 273 g/mol. The number of pyridine rings is 1. The van der Waals surface area contributed by atoms with Crippen LogP contribution in [0.25, 0.3) is 0 Å². The Morgan fingerprint density at radius 3 is 2.60 bits per heavy atom. The summed E-state index contributed by atoms with van der Waals surface area (Å²) >= 11 is 0. The molecular formula is C16H23N3O. The van der Waals surface area contributed by atoms with E-state index in [1.165, 1.54) is 0 Å². The smallest absolute Gasteiger partial charge is 0.233 e. The van der Waals surface area contributed by atoms with Gasteiger partial charge in [0.05, 0.1) is 17.3 Å². The molecule has 1 aromatic rings. The van der Waals surface area contributed by atoms with Crippen LogP contribution in [0.3, 0.4) is 0 Å². The molecule has 2 fully saturated rings. The van der Waals surface area contributed by atoms with Crippen LogP contribution in [0, 0.1) is 5.41 Å². The van der Waals surface area contributed by atoms with E-state index in [0.717, 1.165) is 50.3 Å². The standard InChI is InChI=1S/C16H23N3O/c1-12(2)14-4-3-13(11-18-14)19-10-7-16(15(19)20)5-8-17-9-6-16/h3-4,11-12,17H,5-10H2,1-2H3. The van der Waals surface area contributed by atoms with Crippen molar-refractivity contribution >= 4 is 11.6 Å². The van der Waals surface area contributed by atoms with Gasteiger partial charge in [0, 0.05) is 12.2 Å². The van der Waals surface area contributed by atoms with Gasteiger partial charge in [0.1, 0.15) is 0 Å². The minimum atomic E-state index is -0.109. The molecule has 0 radical (unpaired) electrons. The Labute approximate surface area is 120 Å². The van der Waals surface area contributed by atoms with Crippen LogP contribution >= 0.6 is 0 Å². The molecule has 0 aromatic carbocycles. The van der Waals surface area contributed by atoms with Gasteiger partial charge in [-0.05, 0) is 50.4 Å². The van der Waals surface area contributed by atoms with Gasteiger partial charge in [0.25, 0.3) is 0 Å². The summed E-state index contributed by atoms with van der Waals surface area (Å²) in [5, 5.41) is 3.35. The van der Waals surface area contributed by atoms with Crippen molar-refractivity contribution in [2.24, 2.45) is 5.41 Å². The maximum Gasteiger partial charge on any atom is 0.233 e. The molecule has 2 aliphatic rings. The molecule has 0 unspecified atom stereocenters. The van der Waals surface area contributed by atoms with Crippen LogP contribution in [0.5, 0.6) is 0 Å². The van der Waals surface area contributed by atoms with Crippen LogP contribution in [0.4, 0.5) is 5.69 Å². The number of carbonyl (C=O) groups is 1. The van der Waals surface area contributed by atoms with Crippen molar-refractivity contribution in [3.05, 3.63) is 24.0 Å². The Balaban J connectivity index is 1.79. The zero-order valence-electron chi connectivity index (χ0n) is 12.4. The third kappa shape index (κ3) is 2.22. The SMILES string of the molecule is CC(C)c1ccc(N2CCC3(CCNCC3)C2=O)cn1. The highest BCUT2D eigenvalue weighted by atomic mass is 16.2. The largest absolute Gasteiger partial charge is 0.317 e. The molecule has 3 heterocycles. The van der Waals surface area contributed by atoms with Crippen molar-refractivity contribution in [2.75, 3.05) is 24.5 Å². The molecule has 0 bridgehead atoms. The Kier molecular flexibility index (Phi) is 3.50. The number of amides is 1. The molecular weight excluding hydrogens is 250 g/mol. The summed E-state index contributed by atoms with van der Waals surface area (Å²) in [5.74, 6) is 0.729. The van der Waals surface area contributed by atoms with E-state index in [9.17, 15) is 4.79 Å². The van der Waals surface area contributed by atoms with E-state index >= 15 is 0 Å². The molecule has 1 aromatic heterocycles. The fourth-order valence-electron chi connectivity index (χ4n) is 3.33. The number of anilines is 1. The molecule has 2 saturated heterocycles. The number of carbonyl (C=O) groups excluding carboxylic acids is 1. The Bertz CT molecular complexity index is 489. The van der Waals surface area contributed by atoms with Crippen LogP contribution in [-0.4, -0.2) is 30.5 Å². The van der Waals surface area contributed by atoms with E-state index in [1.807, 2.05) is 23.2 Å². The van der Waals surface area contributed by atoms with Crippen LogP contribution < -0.4 is 10.2 Å². The first-order valence-electron chi connectivity index (χ1n) is 7.61. The second-order valence-electron chi connectivity index (χ2n) is 6.33. The zero-order valence-corrected chi connectivity index (χ0v) is 12.4. The number of aromatic nitrogens is 1. The zero-order chi connectivity index (χ0) is 14.2. The van der Waals surface area contributed by atoms with Gasteiger partial charge in [-0.3, -0.25) is 9.78 Å². The predicted molar refractivity (Wildman–Crippen MR) is 79.8 cm³/mol. The average molecular weight is 273 g/mol. The number of nitrogens with zero attached hydrogens (tertiary/aromatic N) is 2. The summed E-state index contributed by atoms with van der Waals surface area (Å²) in [6.07, 6.45) is 4.78. The van der Waals surface area contributed by atoms with Crippen molar-refractivity contribution in [1.29, 1.82) is 0 Å². The highest BCUT2D eigenvalue weighted by Crippen LogP contribution is 2.41. The van der Waals surface area contributed by atoms with Gasteiger partial charge in [0.15, 0.2) is 0 Å². The molecule has 20 heavy (non-hydrogen) atoms. The molecule has 0 aliphatic carbocycles. The van der Waals surface area contributed by atoms with E-state index in [1.54, 1.807) is 0 Å². The van der Waals surface area contributed by atoms with Crippen LogP contribution in [0.1, 0.15) is 44.7 Å². The van der Waals surface area contributed by atoms with E-state index < -0.39 is 0 Å². The maximum atomic E-state index is 12.8. The van der Waals surface area contributed by atoms with Gasteiger partial charge in [-0.1, -0.05) is 13.8 Å². The van der Waals surface area contributed by atoms with Crippen molar-refractivity contribution in [3.63, 3.8) is 0 Å². The second-order valence-corrected chi connectivity index (χ2v) is 6.33. The lowest BCUT2D eigenvalue weighted by atomic mass is 9.78. The lowest BCUT2D eigenvalue weighted by Crippen LogP contribution is -2.42. The fraction of sp³-hybridized carbons (Fsp3) is 0.625. The van der Waals surface area contributed by atoms with Crippen LogP contribution in [0.15, 0.2) is 18.3 Å². The first kappa shape index (κ1) is 13.6. The summed E-state index contributed by atoms with van der Waals surface area (Å²) in [5.41, 5.74) is 1.92. The predicted octanol–water partition coefficient (Wildman–Crippen LogP) is 2.31. The molecule has 2 aliphatic heterocycles. The maximum absolute atomic E-state index is 12.8. The first-order valence-corrected chi connectivity index (χ1v) is 7.61. The van der Waals surface area contributed by atoms with Gasteiger partial charge < -0.3 is 10.2 Å². The van der Waals surface area contributed by atoms with Crippen LogP contribution in [-0.2, 0) is 4.79 Å². The third-order valence-electron chi connectivity index (χ3n) is 4.75. The molecule has 3 rings (SSSR count). The lowest BCUT2D eigenvalue weighted by molar-refractivity contribution is -0.126. The molecule has 4 nitrogen and oxygen atoms in total. The summed E-state index contributed by atoms with van der Waals surface area (Å²) in [4.78, 5) is 19.2. The number of piperidine rings is 1. The summed E-state index contributed by atoms with van der Waals surface area (Å²) in [6, 6.07) is 4.08. The summed E-state index contributed by atoms with van der Waals surface area (Å²) in [6.45, 7) is 7.02. The van der Waals surface area contributed by atoms with Gasteiger partial charge in [-0.2, -0.15) is 0 Å². The fourth-order valence-corrected chi connectivity index (χ4v) is 3.33. The van der Waals surface area contributed by atoms with Gasteiger partial charge in [-0.15, -0.1) is 0 Å². The number of hydrogen-bond donors (Lipinski definition) is 1. The van der Waals surface area contributed by atoms with E-state index in [2.05, 4.69) is 24.1 Å². The molecule has 1 spiro atoms. The van der Waals surface area contributed by atoms with Crippen molar-refractivity contribution in [2.45, 2.75) is 39.0 Å². The van der Waals surface area contributed by atoms with Gasteiger partial charge >= 0.3 is 0 Å². The van der Waals surface area contributed by atoms with Gasteiger partial charge in [0.2, 0.25) is 5.91 Å². The highest BCUT2D eigenvalue weighted by molar-refractivity contribution is 5.99. The molecule has 1 N–H and O–H groups in total. The third-order valence-corrected chi connectivity index (χ3v) is 4.75.